The lowest BCUT2D eigenvalue weighted by atomic mass is 10.1. The Morgan fingerprint density at radius 2 is 1.30 bits per heavy atom. The molecule has 142 valence electrons. The first kappa shape index (κ1) is 18.8. The fourth-order valence-corrected chi connectivity index (χ4v) is 2.73. The highest BCUT2D eigenvalue weighted by atomic mass is 16.6. The number of rotatable bonds is 7. The Labute approximate surface area is 158 Å². The van der Waals surface area contributed by atoms with E-state index >= 15 is 0 Å². The molecule has 0 N–H and O–H groups in total. The number of nitrogens with zero attached hydrogens (tertiary/aromatic N) is 1. The summed E-state index contributed by atoms with van der Waals surface area (Å²) in [7, 11) is 0. The van der Waals surface area contributed by atoms with Crippen LogP contribution in [0.25, 0.3) is 0 Å². The van der Waals surface area contributed by atoms with E-state index in [-0.39, 0.29) is 25.1 Å². The van der Waals surface area contributed by atoms with Gasteiger partial charge in [-0.05, 0) is 55.7 Å². The molecule has 6 nitrogen and oxygen atoms in total. The van der Waals surface area contributed by atoms with Gasteiger partial charge in [-0.15, -0.1) is 0 Å². The number of Topliss-reactive ketones (excluding diaryl/α,β-unsaturated/α-hetero) is 1. The molecular weight excluding hydrogens is 346 g/mol. The van der Waals surface area contributed by atoms with Crippen molar-refractivity contribution in [3.05, 3.63) is 54.6 Å². The first-order valence-electron chi connectivity index (χ1n) is 9.10. The van der Waals surface area contributed by atoms with Gasteiger partial charge in [0.05, 0.1) is 0 Å². The third kappa shape index (κ3) is 6.02. The molecule has 0 saturated carbocycles. The van der Waals surface area contributed by atoms with Gasteiger partial charge in [0, 0.05) is 13.1 Å². The minimum atomic E-state index is -0.323. The Bertz CT molecular complexity index is 739. The zero-order chi connectivity index (χ0) is 18.9. The summed E-state index contributed by atoms with van der Waals surface area (Å²) >= 11 is 0. The second kappa shape index (κ2) is 9.62. The van der Waals surface area contributed by atoms with Gasteiger partial charge < -0.3 is 19.1 Å². The normalized spacial score (nSPS) is 13.7. The van der Waals surface area contributed by atoms with E-state index in [1.165, 1.54) is 0 Å². The molecule has 0 spiro atoms. The molecule has 0 atom stereocenters. The van der Waals surface area contributed by atoms with Gasteiger partial charge in [-0.2, -0.15) is 0 Å². The molecule has 3 rings (SSSR count). The maximum atomic E-state index is 12.1. The van der Waals surface area contributed by atoms with E-state index in [2.05, 4.69) is 0 Å². The van der Waals surface area contributed by atoms with Crippen molar-refractivity contribution >= 4 is 11.9 Å². The highest BCUT2D eigenvalue weighted by Crippen LogP contribution is 2.19. The number of ether oxygens (including phenoxy) is 3. The number of carbonyl (C=O) groups excluding carboxylic acids is 2. The van der Waals surface area contributed by atoms with Crippen LogP contribution in [0.4, 0.5) is 4.79 Å². The molecule has 27 heavy (non-hydrogen) atoms. The molecule has 1 aliphatic rings. The maximum Gasteiger partial charge on any atom is 0.415 e. The quantitative estimate of drug-likeness (QED) is 0.745. The summed E-state index contributed by atoms with van der Waals surface area (Å²) in [5, 5.41) is 0. The number of hydrogen-bond donors (Lipinski definition) is 0. The van der Waals surface area contributed by atoms with E-state index in [1.54, 1.807) is 41.3 Å². The number of ketones is 1. The zero-order valence-corrected chi connectivity index (χ0v) is 15.1. The molecular formula is C21H23NO5. The number of benzene rings is 2. The molecule has 0 bridgehead atoms. The molecule has 2 aromatic carbocycles. The fraction of sp³-hybridized carbons (Fsp3) is 0.333. The Morgan fingerprint density at radius 3 is 1.93 bits per heavy atom. The van der Waals surface area contributed by atoms with Crippen LogP contribution in [0.1, 0.15) is 19.3 Å². The second-order valence-corrected chi connectivity index (χ2v) is 6.32. The minimum Gasteiger partial charge on any atom is -0.486 e. The van der Waals surface area contributed by atoms with Gasteiger partial charge >= 0.3 is 6.09 Å². The van der Waals surface area contributed by atoms with E-state index in [9.17, 15) is 9.59 Å². The Morgan fingerprint density at radius 1 is 0.741 bits per heavy atom. The second-order valence-electron chi connectivity index (χ2n) is 6.32. The number of amides is 1. The van der Waals surface area contributed by atoms with Gasteiger partial charge in [-0.25, -0.2) is 4.79 Å². The molecule has 2 aromatic rings. The standard InChI is InChI=1S/C21H23NO5/c23-17(15-25-18-7-3-1-4-8-18)16-26-19-9-11-20(12-10-19)27-21(24)22-13-5-2-6-14-22/h1,3-4,7-12H,2,5-6,13-16H2. The lowest BCUT2D eigenvalue weighted by Crippen LogP contribution is -2.37. The third-order valence-corrected chi connectivity index (χ3v) is 4.19. The van der Waals surface area contributed by atoms with Crippen molar-refractivity contribution in [2.24, 2.45) is 0 Å². The minimum absolute atomic E-state index is 0.0461. The van der Waals surface area contributed by atoms with Crippen molar-refractivity contribution in [3.63, 3.8) is 0 Å². The molecule has 1 heterocycles. The number of hydrogen-bond acceptors (Lipinski definition) is 5. The topological polar surface area (TPSA) is 65.1 Å². The fourth-order valence-electron chi connectivity index (χ4n) is 2.73. The Balaban J connectivity index is 1.40. The van der Waals surface area contributed by atoms with Crippen molar-refractivity contribution in [2.75, 3.05) is 26.3 Å². The summed E-state index contributed by atoms with van der Waals surface area (Å²) in [5.74, 6) is 1.46. The summed E-state index contributed by atoms with van der Waals surface area (Å²) in [5.41, 5.74) is 0. The summed E-state index contributed by atoms with van der Waals surface area (Å²) in [6.45, 7) is 1.36. The van der Waals surface area contributed by atoms with Gasteiger partial charge in [-0.3, -0.25) is 4.79 Å². The summed E-state index contributed by atoms with van der Waals surface area (Å²) in [6.07, 6.45) is 2.87. The monoisotopic (exact) mass is 369 g/mol. The molecule has 1 saturated heterocycles. The van der Waals surface area contributed by atoms with E-state index in [4.69, 9.17) is 14.2 Å². The largest absolute Gasteiger partial charge is 0.486 e. The highest BCUT2D eigenvalue weighted by molar-refractivity contribution is 5.81. The van der Waals surface area contributed by atoms with Crippen LogP contribution >= 0.6 is 0 Å². The van der Waals surface area contributed by atoms with E-state index in [0.29, 0.717) is 17.2 Å². The van der Waals surface area contributed by atoms with Crippen molar-refractivity contribution < 1.29 is 23.8 Å². The molecule has 0 radical (unpaired) electrons. The van der Waals surface area contributed by atoms with Gasteiger partial charge in [0.25, 0.3) is 0 Å². The van der Waals surface area contributed by atoms with Crippen LogP contribution < -0.4 is 14.2 Å². The highest BCUT2D eigenvalue weighted by Gasteiger charge is 2.18. The van der Waals surface area contributed by atoms with Gasteiger partial charge in [-0.1, -0.05) is 18.2 Å². The SMILES string of the molecule is O=C(COc1ccccc1)COc1ccc(OC(=O)N2CCCCC2)cc1. The smallest absolute Gasteiger partial charge is 0.415 e. The maximum absolute atomic E-state index is 12.1. The van der Waals surface area contributed by atoms with Crippen LogP contribution in [-0.4, -0.2) is 43.1 Å². The van der Waals surface area contributed by atoms with Crippen LogP contribution in [0.2, 0.25) is 0 Å². The van der Waals surface area contributed by atoms with Crippen molar-refractivity contribution in [1.82, 2.24) is 4.90 Å². The first-order chi connectivity index (χ1) is 13.2. The number of piperidine rings is 1. The van der Waals surface area contributed by atoms with Gasteiger partial charge in [0.1, 0.15) is 30.5 Å². The Kier molecular flexibility index (Phi) is 6.68. The molecule has 0 aliphatic carbocycles. The zero-order valence-electron chi connectivity index (χ0n) is 15.1. The number of carbonyl (C=O) groups is 2. The van der Waals surface area contributed by atoms with E-state index in [1.807, 2.05) is 18.2 Å². The van der Waals surface area contributed by atoms with Crippen LogP contribution in [0.5, 0.6) is 17.2 Å². The van der Waals surface area contributed by atoms with E-state index in [0.717, 1.165) is 32.4 Å². The summed E-state index contributed by atoms with van der Waals surface area (Å²) in [6, 6.07) is 15.8. The predicted octanol–water partition coefficient (Wildman–Crippen LogP) is 3.70. The van der Waals surface area contributed by atoms with Crippen LogP contribution in [0.3, 0.4) is 0 Å². The van der Waals surface area contributed by atoms with Crippen molar-refractivity contribution in [1.29, 1.82) is 0 Å². The van der Waals surface area contributed by atoms with E-state index < -0.39 is 0 Å². The Hall–Kier alpha value is -3.02. The average molecular weight is 369 g/mol. The molecule has 1 aliphatic heterocycles. The average Bonchev–Trinajstić information content (AvgIpc) is 2.73. The van der Waals surface area contributed by atoms with Gasteiger partial charge in [0.2, 0.25) is 5.78 Å². The summed E-state index contributed by atoms with van der Waals surface area (Å²) < 4.78 is 16.2. The predicted molar refractivity (Wildman–Crippen MR) is 100 cm³/mol. The molecule has 1 amide bonds. The first-order valence-corrected chi connectivity index (χ1v) is 9.10. The number of likely N-dealkylation sites (tertiary alicyclic amines) is 1. The van der Waals surface area contributed by atoms with Crippen LogP contribution in [0.15, 0.2) is 54.6 Å². The van der Waals surface area contributed by atoms with Crippen LogP contribution in [-0.2, 0) is 4.79 Å². The van der Waals surface area contributed by atoms with Crippen molar-refractivity contribution in [2.45, 2.75) is 19.3 Å². The van der Waals surface area contributed by atoms with Gasteiger partial charge in [0.15, 0.2) is 0 Å². The molecule has 1 fully saturated rings. The third-order valence-electron chi connectivity index (χ3n) is 4.19. The molecule has 6 heteroatoms. The van der Waals surface area contributed by atoms with Crippen LogP contribution in [0, 0.1) is 0 Å². The number of para-hydroxylation sites is 1. The molecule has 0 unspecified atom stereocenters. The summed E-state index contributed by atoms with van der Waals surface area (Å²) in [4.78, 5) is 25.6. The molecule has 0 aromatic heterocycles. The lowest BCUT2D eigenvalue weighted by molar-refractivity contribution is -0.123. The lowest BCUT2D eigenvalue weighted by Gasteiger charge is -2.25. The van der Waals surface area contributed by atoms with Crippen molar-refractivity contribution in [3.8, 4) is 17.2 Å².